The van der Waals surface area contributed by atoms with Gasteiger partial charge in [0.15, 0.2) is 0 Å². The van der Waals surface area contributed by atoms with Crippen LogP contribution in [0.1, 0.15) is 20.3 Å². The first-order valence-corrected chi connectivity index (χ1v) is 9.91. The third-order valence-electron chi connectivity index (χ3n) is 4.65. The number of carbonyl (C=O) groups excluding carboxylic acids is 1. The molecule has 0 saturated carbocycles. The first kappa shape index (κ1) is 21.6. The summed E-state index contributed by atoms with van der Waals surface area (Å²) in [4.78, 5) is 42.6. The average molecular weight is 431 g/mol. The summed E-state index contributed by atoms with van der Waals surface area (Å²) in [6.45, 7) is 4.01. The number of methoxy groups -OCH3 is 1. The summed E-state index contributed by atoms with van der Waals surface area (Å²) in [6, 6.07) is 8.07. The molecule has 0 fully saturated rings. The van der Waals surface area contributed by atoms with Crippen molar-refractivity contribution in [2.75, 3.05) is 12.4 Å². The molecule has 0 aliphatic rings. The molecule has 2 heterocycles. The number of hydrogen-bond acceptors (Lipinski definition) is 5. The molecule has 0 radical (unpaired) electrons. The highest BCUT2D eigenvalue weighted by Gasteiger charge is 2.17. The van der Waals surface area contributed by atoms with Crippen LogP contribution < -0.4 is 21.3 Å². The van der Waals surface area contributed by atoms with Crippen LogP contribution in [0.4, 0.5) is 5.69 Å². The second kappa shape index (κ2) is 9.13. The summed E-state index contributed by atoms with van der Waals surface area (Å²) >= 11 is 6.10. The highest BCUT2D eigenvalue weighted by molar-refractivity contribution is 6.32. The molecule has 0 atom stereocenters. The van der Waals surface area contributed by atoms with Crippen LogP contribution >= 0.6 is 11.6 Å². The van der Waals surface area contributed by atoms with E-state index >= 15 is 0 Å². The van der Waals surface area contributed by atoms with Gasteiger partial charge >= 0.3 is 5.69 Å². The Hall–Kier alpha value is -3.13. The van der Waals surface area contributed by atoms with E-state index in [2.05, 4.69) is 10.3 Å². The fourth-order valence-electron chi connectivity index (χ4n) is 3.06. The second-order valence-electron chi connectivity index (χ2n) is 7.28. The lowest BCUT2D eigenvalue weighted by atomic mass is 10.1. The predicted octanol–water partition coefficient (Wildman–Crippen LogP) is 2.91. The third-order valence-corrected chi connectivity index (χ3v) is 4.94. The minimum atomic E-state index is -0.560. The van der Waals surface area contributed by atoms with Crippen LogP contribution in [-0.4, -0.2) is 27.1 Å². The van der Waals surface area contributed by atoms with Gasteiger partial charge in [-0.3, -0.25) is 18.7 Å². The number of amides is 1. The molecule has 8 nitrogen and oxygen atoms in total. The fraction of sp³-hybridized carbons (Fsp3) is 0.333. The number of halogens is 1. The Balaban J connectivity index is 1.96. The molecule has 0 unspecified atom stereocenters. The summed E-state index contributed by atoms with van der Waals surface area (Å²) in [5.74, 6) is 0.357. The van der Waals surface area contributed by atoms with Crippen molar-refractivity contribution in [3.8, 4) is 5.75 Å². The van der Waals surface area contributed by atoms with Gasteiger partial charge in [-0.1, -0.05) is 25.4 Å². The number of fused-ring (bicyclic) bond motifs is 1. The molecule has 1 amide bonds. The zero-order chi connectivity index (χ0) is 21.8. The Bertz CT molecular complexity index is 1200. The van der Waals surface area contributed by atoms with Crippen LogP contribution in [-0.2, 0) is 17.9 Å². The van der Waals surface area contributed by atoms with Crippen LogP contribution in [0.25, 0.3) is 11.0 Å². The number of hydrogen-bond donors (Lipinski definition) is 1. The van der Waals surface area contributed by atoms with E-state index in [0.29, 0.717) is 34.2 Å². The number of benzene rings is 1. The molecule has 0 saturated heterocycles. The quantitative estimate of drug-likeness (QED) is 0.621. The molecular weight excluding hydrogens is 408 g/mol. The Labute approximate surface area is 178 Å². The SMILES string of the molecule is COc1ccc(NC(=O)Cn2c(=O)n(CCC(C)C)c(=O)c3cccnc32)cc1Cl. The lowest BCUT2D eigenvalue weighted by Gasteiger charge is -2.14. The molecule has 2 aromatic heterocycles. The molecule has 0 aliphatic carbocycles. The summed E-state index contributed by atoms with van der Waals surface area (Å²) < 4.78 is 7.49. The average Bonchev–Trinajstić information content (AvgIpc) is 2.71. The molecule has 0 spiro atoms. The number of nitrogens with one attached hydrogen (secondary N) is 1. The molecular formula is C21H23ClN4O4. The van der Waals surface area contributed by atoms with Gasteiger partial charge in [-0.15, -0.1) is 0 Å². The van der Waals surface area contributed by atoms with Gasteiger partial charge in [-0.25, -0.2) is 9.78 Å². The molecule has 3 rings (SSSR count). The van der Waals surface area contributed by atoms with Gasteiger partial charge in [0, 0.05) is 18.4 Å². The zero-order valence-electron chi connectivity index (χ0n) is 17.0. The first-order valence-electron chi connectivity index (χ1n) is 9.53. The van der Waals surface area contributed by atoms with Crippen LogP contribution in [0.2, 0.25) is 5.02 Å². The summed E-state index contributed by atoms with van der Waals surface area (Å²) in [7, 11) is 1.50. The molecule has 0 aliphatic heterocycles. The Morgan fingerprint density at radius 2 is 2.00 bits per heavy atom. The van der Waals surface area contributed by atoms with E-state index in [0.717, 1.165) is 0 Å². The fourth-order valence-corrected chi connectivity index (χ4v) is 3.32. The van der Waals surface area contributed by atoms with Gasteiger partial charge < -0.3 is 10.1 Å². The number of carbonyl (C=O) groups is 1. The molecule has 9 heteroatoms. The van der Waals surface area contributed by atoms with Gasteiger partial charge in [-0.05, 0) is 42.7 Å². The first-order chi connectivity index (χ1) is 14.3. The van der Waals surface area contributed by atoms with Crippen molar-refractivity contribution in [1.82, 2.24) is 14.1 Å². The molecule has 1 aromatic carbocycles. The number of rotatable bonds is 7. The number of pyridine rings is 1. The minimum Gasteiger partial charge on any atom is -0.495 e. The zero-order valence-corrected chi connectivity index (χ0v) is 17.8. The standard InChI is InChI=1S/C21H23ClN4O4/c1-13(2)8-10-25-20(28)15-5-4-9-23-19(15)26(21(25)29)12-18(27)24-14-6-7-17(30-3)16(22)11-14/h4-7,9,11,13H,8,10,12H2,1-3H3,(H,24,27). The second-order valence-corrected chi connectivity index (χ2v) is 7.69. The summed E-state index contributed by atoms with van der Waals surface area (Å²) in [5, 5.41) is 3.35. The third kappa shape index (κ3) is 4.54. The van der Waals surface area contributed by atoms with Gasteiger partial charge in [0.05, 0.1) is 17.5 Å². The van der Waals surface area contributed by atoms with E-state index in [1.165, 1.54) is 22.4 Å². The van der Waals surface area contributed by atoms with E-state index < -0.39 is 17.2 Å². The topological polar surface area (TPSA) is 95.2 Å². The maximum absolute atomic E-state index is 13.0. The van der Waals surface area contributed by atoms with Gasteiger partial charge in [0.1, 0.15) is 17.9 Å². The monoisotopic (exact) mass is 430 g/mol. The van der Waals surface area contributed by atoms with Crippen molar-refractivity contribution in [3.05, 3.63) is 62.4 Å². The number of ether oxygens (including phenoxy) is 1. The Morgan fingerprint density at radius 3 is 2.67 bits per heavy atom. The Morgan fingerprint density at radius 1 is 1.23 bits per heavy atom. The highest BCUT2D eigenvalue weighted by Crippen LogP contribution is 2.27. The van der Waals surface area contributed by atoms with Crippen LogP contribution in [0, 0.1) is 5.92 Å². The predicted molar refractivity (Wildman–Crippen MR) is 116 cm³/mol. The maximum atomic E-state index is 13.0. The van der Waals surface area contributed by atoms with Crippen LogP contribution in [0.3, 0.4) is 0 Å². The lowest BCUT2D eigenvalue weighted by Crippen LogP contribution is -2.42. The normalized spacial score (nSPS) is 11.1. The van der Waals surface area contributed by atoms with Crippen molar-refractivity contribution in [3.63, 3.8) is 0 Å². The Kier molecular flexibility index (Phi) is 6.56. The largest absolute Gasteiger partial charge is 0.495 e. The van der Waals surface area contributed by atoms with E-state index in [1.54, 1.807) is 30.3 Å². The lowest BCUT2D eigenvalue weighted by molar-refractivity contribution is -0.116. The van der Waals surface area contributed by atoms with Crippen molar-refractivity contribution in [1.29, 1.82) is 0 Å². The van der Waals surface area contributed by atoms with Gasteiger partial charge in [0.25, 0.3) is 5.56 Å². The summed E-state index contributed by atoms with van der Waals surface area (Å²) in [6.07, 6.45) is 2.15. The van der Waals surface area contributed by atoms with E-state index in [4.69, 9.17) is 16.3 Å². The molecule has 158 valence electrons. The van der Waals surface area contributed by atoms with Crippen molar-refractivity contribution in [2.24, 2.45) is 5.92 Å². The van der Waals surface area contributed by atoms with E-state index in [1.807, 2.05) is 13.8 Å². The minimum absolute atomic E-state index is 0.177. The van der Waals surface area contributed by atoms with E-state index in [9.17, 15) is 14.4 Å². The van der Waals surface area contributed by atoms with Crippen molar-refractivity contribution >= 4 is 34.2 Å². The molecule has 30 heavy (non-hydrogen) atoms. The van der Waals surface area contributed by atoms with Crippen molar-refractivity contribution in [2.45, 2.75) is 33.4 Å². The van der Waals surface area contributed by atoms with Crippen LogP contribution in [0.5, 0.6) is 5.75 Å². The molecule has 1 N–H and O–H groups in total. The van der Waals surface area contributed by atoms with Crippen molar-refractivity contribution < 1.29 is 9.53 Å². The highest BCUT2D eigenvalue weighted by atomic mass is 35.5. The summed E-state index contributed by atoms with van der Waals surface area (Å²) in [5.41, 5.74) is -0.322. The number of nitrogens with zero attached hydrogens (tertiary/aromatic N) is 3. The van der Waals surface area contributed by atoms with E-state index in [-0.39, 0.29) is 18.7 Å². The number of aromatic nitrogens is 3. The molecule has 3 aromatic rings. The number of anilines is 1. The maximum Gasteiger partial charge on any atom is 0.333 e. The van der Waals surface area contributed by atoms with Gasteiger partial charge in [0.2, 0.25) is 5.91 Å². The van der Waals surface area contributed by atoms with Gasteiger partial charge in [-0.2, -0.15) is 0 Å². The molecule has 0 bridgehead atoms. The smallest absolute Gasteiger partial charge is 0.333 e. The van der Waals surface area contributed by atoms with Crippen LogP contribution in [0.15, 0.2) is 46.1 Å².